The third-order valence-electron chi connectivity index (χ3n) is 7.50. The van der Waals surface area contributed by atoms with Gasteiger partial charge in [0.05, 0.1) is 29.6 Å². The largest absolute Gasteiger partial charge is 0.319 e. The van der Waals surface area contributed by atoms with Gasteiger partial charge in [0.2, 0.25) is 0 Å². The van der Waals surface area contributed by atoms with Gasteiger partial charge < -0.3 is 9.47 Å². The molecule has 1 N–H and O–H groups in total. The monoisotopic (exact) mass is 503 g/mol. The molecule has 9 heteroatoms. The van der Waals surface area contributed by atoms with E-state index in [9.17, 15) is 13.2 Å². The van der Waals surface area contributed by atoms with E-state index in [4.69, 9.17) is 0 Å². The lowest BCUT2D eigenvalue weighted by molar-refractivity contribution is 0.0979. The fourth-order valence-electron chi connectivity index (χ4n) is 5.59. The first-order valence-corrected chi connectivity index (χ1v) is 13.8. The van der Waals surface area contributed by atoms with Crippen LogP contribution in [0.4, 0.5) is 5.69 Å². The molecule has 0 unspecified atom stereocenters. The van der Waals surface area contributed by atoms with Crippen LogP contribution < -0.4 is 9.62 Å². The molecule has 8 nitrogen and oxygen atoms in total. The minimum absolute atomic E-state index is 0.284. The standard InChI is InChI=1S/C27H29N5O3S/c1-30(2)36(34,35)29-27(33)19-11-12-24-22(15-19)25-16-21-20(18-7-4-3-5-8-18)9-6-10-23(21)32(25)17-26-28-13-14-31(24)26/h6,9-13,15-18H,3-5,7-8,14H2,1-2H3,(H,29,33). The fourth-order valence-corrected chi connectivity index (χ4v) is 6.13. The number of rotatable bonds is 4. The summed E-state index contributed by atoms with van der Waals surface area (Å²) in [7, 11) is -1.13. The quantitative estimate of drug-likeness (QED) is 0.566. The lowest BCUT2D eigenvalue weighted by Crippen LogP contribution is -2.39. The Labute approximate surface area is 211 Å². The Morgan fingerprint density at radius 2 is 1.89 bits per heavy atom. The van der Waals surface area contributed by atoms with Gasteiger partial charge in [-0.05, 0) is 54.7 Å². The summed E-state index contributed by atoms with van der Waals surface area (Å²) in [5.41, 5.74) is 5.54. The van der Waals surface area contributed by atoms with Crippen molar-refractivity contribution >= 4 is 45.1 Å². The van der Waals surface area contributed by atoms with Crippen LogP contribution in [0.1, 0.15) is 53.9 Å². The summed E-state index contributed by atoms with van der Waals surface area (Å²) in [5, 5.41) is 1.22. The van der Waals surface area contributed by atoms with Crippen LogP contribution in [-0.4, -0.2) is 50.1 Å². The van der Waals surface area contributed by atoms with E-state index < -0.39 is 16.1 Å². The van der Waals surface area contributed by atoms with Crippen LogP contribution in [0.15, 0.2) is 53.3 Å². The Balaban J connectivity index is 1.52. The molecule has 3 aliphatic rings. The van der Waals surface area contributed by atoms with Gasteiger partial charge in [0.1, 0.15) is 5.82 Å². The Bertz CT molecular complexity index is 1540. The lowest BCUT2D eigenvalue weighted by atomic mass is 9.83. The first-order valence-electron chi connectivity index (χ1n) is 12.4. The van der Waals surface area contributed by atoms with E-state index in [-0.39, 0.29) is 5.56 Å². The Morgan fingerprint density at radius 3 is 2.67 bits per heavy atom. The smallest absolute Gasteiger partial charge is 0.303 e. The number of carbonyl (C=O) groups is 1. The van der Waals surface area contributed by atoms with Gasteiger partial charge in [-0.2, -0.15) is 12.7 Å². The third-order valence-corrected chi connectivity index (χ3v) is 8.90. The van der Waals surface area contributed by atoms with E-state index in [1.807, 2.05) is 12.3 Å². The van der Waals surface area contributed by atoms with E-state index in [2.05, 4.69) is 49.6 Å². The molecule has 0 atom stereocenters. The highest BCUT2D eigenvalue weighted by molar-refractivity contribution is 7.87. The van der Waals surface area contributed by atoms with Gasteiger partial charge in [0.25, 0.3) is 5.91 Å². The SMILES string of the molecule is CN(C)S(=O)(=O)NC(=O)c1ccc2c(c1)-c1cc3c(C4CCCCC4)cccc3n1C=C1N=CCN12. The van der Waals surface area contributed by atoms with Crippen LogP contribution in [0.25, 0.3) is 28.4 Å². The van der Waals surface area contributed by atoms with Gasteiger partial charge in [-0.15, -0.1) is 0 Å². The summed E-state index contributed by atoms with van der Waals surface area (Å²) >= 11 is 0. The minimum Gasteiger partial charge on any atom is -0.319 e. The van der Waals surface area contributed by atoms with E-state index in [0.29, 0.717) is 12.5 Å². The molecular weight excluding hydrogens is 474 g/mol. The van der Waals surface area contributed by atoms with Crippen molar-refractivity contribution in [3.63, 3.8) is 0 Å². The number of benzene rings is 2. The summed E-state index contributed by atoms with van der Waals surface area (Å²) in [6.45, 7) is 0.634. The van der Waals surface area contributed by atoms with Gasteiger partial charge in [-0.1, -0.05) is 31.4 Å². The van der Waals surface area contributed by atoms with Crippen molar-refractivity contribution in [3.05, 3.63) is 59.4 Å². The number of aliphatic imine (C=N–C) groups is 1. The molecule has 2 aliphatic heterocycles. The number of nitrogens with one attached hydrogen (secondary N) is 1. The zero-order chi connectivity index (χ0) is 25.0. The average molecular weight is 504 g/mol. The van der Waals surface area contributed by atoms with Crippen LogP contribution in [0, 0.1) is 0 Å². The van der Waals surface area contributed by atoms with Crippen molar-refractivity contribution < 1.29 is 13.2 Å². The summed E-state index contributed by atoms with van der Waals surface area (Å²) < 4.78 is 29.8. The second-order valence-corrected chi connectivity index (χ2v) is 11.8. The summed E-state index contributed by atoms with van der Waals surface area (Å²) in [6.07, 6.45) is 10.2. The molecule has 0 saturated heterocycles. The number of fused-ring (bicyclic) bond motifs is 7. The summed E-state index contributed by atoms with van der Waals surface area (Å²) in [6, 6.07) is 14.1. The van der Waals surface area contributed by atoms with Crippen LogP contribution >= 0.6 is 0 Å². The third kappa shape index (κ3) is 3.74. The Hall–Kier alpha value is -3.43. The highest BCUT2D eigenvalue weighted by Gasteiger charge is 2.28. The maximum atomic E-state index is 12.9. The lowest BCUT2D eigenvalue weighted by Gasteiger charge is -2.23. The zero-order valence-corrected chi connectivity index (χ0v) is 21.3. The Kier molecular flexibility index (Phi) is 5.49. The molecule has 1 aromatic heterocycles. The molecule has 36 heavy (non-hydrogen) atoms. The van der Waals surface area contributed by atoms with Gasteiger partial charge in [0.15, 0.2) is 0 Å². The molecule has 0 radical (unpaired) electrons. The van der Waals surface area contributed by atoms with E-state index in [1.165, 1.54) is 57.1 Å². The summed E-state index contributed by atoms with van der Waals surface area (Å²) in [5.74, 6) is 0.727. The molecule has 186 valence electrons. The number of nitrogens with zero attached hydrogens (tertiary/aromatic N) is 4. The van der Waals surface area contributed by atoms with E-state index >= 15 is 0 Å². The number of anilines is 1. The first-order chi connectivity index (χ1) is 17.3. The number of amides is 1. The topological polar surface area (TPSA) is 87.0 Å². The minimum atomic E-state index is -3.90. The second kappa shape index (κ2) is 8.60. The van der Waals surface area contributed by atoms with Crippen LogP contribution in [0.2, 0.25) is 0 Å². The second-order valence-electron chi connectivity index (χ2n) is 9.87. The molecular formula is C27H29N5O3S. The molecule has 3 aromatic rings. The fraction of sp³-hybridized carbons (Fsp3) is 0.333. The Morgan fingerprint density at radius 1 is 1.08 bits per heavy atom. The number of hydrogen-bond acceptors (Lipinski definition) is 5. The van der Waals surface area contributed by atoms with Gasteiger partial charge in [0, 0.05) is 36.8 Å². The number of hydrogen-bond donors (Lipinski definition) is 1. The van der Waals surface area contributed by atoms with E-state index in [0.717, 1.165) is 32.6 Å². The summed E-state index contributed by atoms with van der Waals surface area (Å²) in [4.78, 5) is 19.7. The van der Waals surface area contributed by atoms with Crippen molar-refractivity contribution in [3.8, 4) is 11.3 Å². The maximum Gasteiger partial charge on any atom is 0.303 e. The van der Waals surface area contributed by atoms with E-state index in [1.54, 1.807) is 12.1 Å². The highest BCUT2D eigenvalue weighted by atomic mass is 32.2. The maximum absolute atomic E-state index is 12.9. The van der Waals surface area contributed by atoms with Crippen LogP contribution in [0.5, 0.6) is 0 Å². The van der Waals surface area contributed by atoms with Crippen molar-refractivity contribution in [2.24, 2.45) is 4.99 Å². The first kappa shape index (κ1) is 23.0. The molecule has 1 amide bonds. The predicted molar refractivity (Wildman–Crippen MR) is 143 cm³/mol. The van der Waals surface area contributed by atoms with Crippen LogP contribution in [-0.2, 0) is 10.2 Å². The van der Waals surface area contributed by atoms with Gasteiger partial charge >= 0.3 is 10.2 Å². The van der Waals surface area contributed by atoms with Gasteiger partial charge in [-0.3, -0.25) is 4.79 Å². The van der Waals surface area contributed by atoms with Crippen LogP contribution in [0.3, 0.4) is 0 Å². The molecule has 1 saturated carbocycles. The van der Waals surface area contributed by atoms with Crippen molar-refractivity contribution in [2.75, 3.05) is 25.5 Å². The van der Waals surface area contributed by atoms with Crippen molar-refractivity contribution in [1.29, 1.82) is 0 Å². The highest BCUT2D eigenvalue weighted by Crippen LogP contribution is 2.44. The molecule has 3 heterocycles. The number of aromatic nitrogens is 1. The average Bonchev–Trinajstić information content (AvgIpc) is 3.46. The molecule has 2 aromatic carbocycles. The molecule has 1 aliphatic carbocycles. The predicted octanol–water partition coefficient (Wildman–Crippen LogP) is 4.55. The van der Waals surface area contributed by atoms with Crippen molar-refractivity contribution in [2.45, 2.75) is 38.0 Å². The molecule has 1 fully saturated rings. The zero-order valence-electron chi connectivity index (χ0n) is 20.4. The molecule has 0 spiro atoms. The number of carbonyl (C=O) groups excluding carboxylic acids is 1. The van der Waals surface area contributed by atoms with Gasteiger partial charge in [-0.25, -0.2) is 9.71 Å². The molecule has 6 rings (SSSR count). The normalized spacial score (nSPS) is 17.5. The molecule has 0 bridgehead atoms. The van der Waals surface area contributed by atoms with Crippen molar-refractivity contribution in [1.82, 2.24) is 13.6 Å².